The van der Waals surface area contributed by atoms with Gasteiger partial charge < -0.3 is 9.47 Å². The summed E-state index contributed by atoms with van der Waals surface area (Å²) in [4.78, 5) is 24.8. The Bertz CT molecular complexity index is 858. The minimum atomic E-state index is -1.75. The van der Waals surface area contributed by atoms with Crippen molar-refractivity contribution >= 4 is 35.2 Å². The van der Waals surface area contributed by atoms with Gasteiger partial charge in [-0.25, -0.2) is 9.59 Å². The third kappa shape index (κ3) is 3.41. The Kier molecular flexibility index (Phi) is 5.24. The van der Waals surface area contributed by atoms with Crippen LogP contribution in [0.2, 0.25) is 0 Å². The van der Waals surface area contributed by atoms with Gasteiger partial charge in [0.05, 0.1) is 7.11 Å². The Hall–Kier alpha value is -2.85. The molecule has 4 nitrogen and oxygen atoms in total. The van der Waals surface area contributed by atoms with Crippen LogP contribution in [0, 0.1) is 0 Å². The van der Waals surface area contributed by atoms with E-state index in [1.165, 1.54) is 19.3 Å². The molecule has 0 unspecified atom stereocenters. The standard InChI is InChI=1S/C21H17ClO4/c1-25-20(24)21(13-12-15-8-4-2-5-9-15)19(22)17(14-18(23)26-21)16-10-6-3-7-11-16/h2-14,19H,1H3/b13-12+/t19-,21-/m1/s1. The SMILES string of the molecule is COC(=O)[C@]1(/C=C/c2ccccc2)OC(=O)C=C(c2ccccc2)[C@H]1Cl. The number of carbonyl (C=O) groups excluding carboxylic acids is 2. The highest BCUT2D eigenvalue weighted by molar-refractivity contribution is 6.31. The summed E-state index contributed by atoms with van der Waals surface area (Å²) in [5.41, 5.74) is 0.340. The summed E-state index contributed by atoms with van der Waals surface area (Å²) >= 11 is 6.65. The fourth-order valence-electron chi connectivity index (χ4n) is 2.81. The second-order valence-corrected chi connectivity index (χ2v) is 6.21. The molecule has 5 heteroatoms. The van der Waals surface area contributed by atoms with Crippen molar-refractivity contribution in [1.29, 1.82) is 0 Å². The summed E-state index contributed by atoms with van der Waals surface area (Å²) in [7, 11) is 1.23. The number of halogens is 1. The lowest BCUT2D eigenvalue weighted by atomic mass is 9.86. The van der Waals surface area contributed by atoms with Crippen molar-refractivity contribution in [2.75, 3.05) is 7.11 Å². The van der Waals surface area contributed by atoms with Crippen LogP contribution in [-0.4, -0.2) is 30.0 Å². The number of esters is 2. The molecular weight excluding hydrogens is 352 g/mol. The van der Waals surface area contributed by atoms with Crippen LogP contribution in [0.1, 0.15) is 11.1 Å². The van der Waals surface area contributed by atoms with Crippen molar-refractivity contribution in [2.24, 2.45) is 0 Å². The molecular formula is C21H17ClO4. The highest BCUT2D eigenvalue weighted by Gasteiger charge is 2.52. The molecule has 0 radical (unpaired) electrons. The largest absolute Gasteiger partial charge is 0.466 e. The lowest BCUT2D eigenvalue weighted by Crippen LogP contribution is -2.52. The normalized spacial score (nSPS) is 22.6. The highest BCUT2D eigenvalue weighted by atomic mass is 35.5. The maximum absolute atomic E-state index is 12.6. The number of hydrogen-bond donors (Lipinski definition) is 0. The highest BCUT2D eigenvalue weighted by Crippen LogP contribution is 2.39. The first kappa shape index (κ1) is 18.0. The molecule has 1 aliphatic heterocycles. The second-order valence-electron chi connectivity index (χ2n) is 5.78. The van der Waals surface area contributed by atoms with Gasteiger partial charge in [0, 0.05) is 6.08 Å². The van der Waals surface area contributed by atoms with Crippen molar-refractivity contribution in [1.82, 2.24) is 0 Å². The summed E-state index contributed by atoms with van der Waals surface area (Å²) in [5, 5.41) is -0.935. The molecule has 0 N–H and O–H groups in total. The Labute approximate surface area is 156 Å². The van der Waals surface area contributed by atoms with Crippen LogP contribution in [0.4, 0.5) is 0 Å². The Morgan fingerprint density at radius 1 is 1.12 bits per heavy atom. The number of rotatable bonds is 4. The summed E-state index contributed by atoms with van der Waals surface area (Å²) in [5.74, 6) is -1.39. The maximum atomic E-state index is 12.6. The third-order valence-corrected chi connectivity index (χ3v) is 4.69. The zero-order chi connectivity index (χ0) is 18.6. The van der Waals surface area contributed by atoms with Crippen LogP contribution >= 0.6 is 11.6 Å². The van der Waals surface area contributed by atoms with Gasteiger partial charge in [0.15, 0.2) is 0 Å². The molecule has 0 aromatic heterocycles. The molecule has 0 spiro atoms. The van der Waals surface area contributed by atoms with Crippen molar-refractivity contribution in [3.8, 4) is 0 Å². The molecule has 1 aliphatic rings. The van der Waals surface area contributed by atoms with Gasteiger partial charge in [-0.05, 0) is 22.8 Å². The molecule has 3 rings (SSSR count). The number of cyclic esters (lactones) is 1. The number of methoxy groups -OCH3 is 1. The summed E-state index contributed by atoms with van der Waals surface area (Å²) in [6.07, 6.45) is 4.48. The Morgan fingerprint density at radius 3 is 2.35 bits per heavy atom. The molecule has 1 heterocycles. The fourth-order valence-corrected chi connectivity index (χ4v) is 3.21. The van der Waals surface area contributed by atoms with E-state index in [1.807, 2.05) is 60.7 Å². The van der Waals surface area contributed by atoms with Crippen LogP contribution in [-0.2, 0) is 19.1 Å². The van der Waals surface area contributed by atoms with E-state index in [4.69, 9.17) is 21.1 Å². The molecule has 0 saturated carbocycles. The first-order chi connectivity index (χ1) is 12.6. The van der Waals surface area contributed by atoms with E-state index in [0.29, 0.717) is 5.57 Å². The second kappa shape index (κ2) is 7.58. The van der Waals surface area contributed by atoms with E-state index in [9.17, 15) is 9.59 Å². The summed E-state index contributed by atoms with van der Waals surface area (Å²) in [6, 6.07) is 18.5. The van der Waals surface area contributed by atoms with Gasteiger partial charge in [0.25, 0.3) is 0 Å². The van der Waals surface area contributed by atoms with Gasteiger partial charge in [-0.3, -0.25) is 0 Å². The zero-order valence-corrected chi connectivity index (χ0v) is 14.8. The van der Waals surface area contributed by atoms with Gasteiger partial charge in [-0.1, -0.05) is 66.7 Å². The topological polar surface area (TPSA) is 52.6 Å². The van der Waals surface area contributed by atoms with Crippen molar-refractivity contribution < 1.29 is 19.1 Å². The lowest BCUT2D eigenvalue weighted by molar-refractivity contribution is -0.171. The van der Waals surface area contributed by atoms with Gasteiger partial charge in [0.1, 0.15) is 5.38 Å². The fraction of sp³-hybridized carbons (Fsp3) is 0.143. The molecule has 0 saturated heterocycles. The molecule has 0 bridgehead atoms. The summed E-state index contributed by atoms with van der Waals surface area (Å²) in [6.45, 7) is 0. The first-order valence-electron chi connectivity index (χ1n) is 8.03. The molecule has 0 fully saturated rings. The van der Waals surface area contributed by atoms with Crippen LogP contribution in [0.5, 0.6) is 0 Å². The predicted octanol–water partition coefficient (Wildman–Crippen LogP) is 3.86. The molecule has 2 atom stereocenters. The Morgan fingerprint density at radius 2 is 1.73 bits per heavy atom. The van der Waals surface area contributed by atoms with E-state index < -0.39 is 22.9 Å². The van der Waals surface area contributed by atoms with E-state index >= 15 is 0 Å². The van der Waals surface area contributed by atoms with Gasteiger partial charge in [0.2, 0.25) is 5.60 Å². The molecule has 0 amide bonds. The quantitative estimate of drug-likeness (QED) is 0.607. The average molecular weight is 369 g/mol. The smallest absolute Gasteiger partial charge is 0.356 e. The molecule has 26 heavy (non-hydrogen) atoms. The first-order valence-corrected chi connectivity index (χ1v) is 8.47. The third-order valence-electron chi connectivity index (χ3n) is 4.13. The number of benzene rings is 2. The van der Waals surface area contributed by atoms with Crippen molar-refractivity contribution in [3.05, 3.63) is 83.9 Å². The van der Waals surface area contributed by atoms with E-state index in [0.717, 1.165) is 11.1 Å². The van der Waals surface area contributed by atoms with Crippen LogP contribution in [0.25, 0.3) is 11.6 Å². The maximum Gasteiger partial charge on any atom is 0.356 e. The van der Waals surface area contributed by atoms with Crippen LogP contribution in [0.3, 0.4) is 0 Å². The van der Waals surface area contributed by atoms with Gasteiger partial charge >= 0.3 is 11.9 Å². The van der Waals surface area contributed by atoms with E-state index in [-0.39, 0.29) is 0 Å². The monoisotopic (exact) mass is 368 g/mol. The van der Waals surface area contributed by atoms with E-state index in [1.54, 1.807) is 6.08 Å². The van der Waals surface area contributed by atoms with E-state index in [2.05, 4.69) is 0 Å². The predicted molar refractivity (Wildman–Crippen MR) is 100 cm³/mol. The molecule has 0 aliphatic carbocycles. The van der Waals surface area contributed by atoms with Crippen LogP contribution in [0.15, 0.2) is 72.8 Å². The van der Waals surface area contributed by atoms with Gasteiger partial charge in [-0.2, -0.15) is 0 Å². The van der Waals surface area contributed by atoms with Crippen LogP contribution < -0.4 is 0 Å². The molecule has 2 aromatic rings. The number of hydrogen-bond acceptors (Lipinski definition) is 4. The van der Waals surface area contributed by atoms with Crippen molar-refractivity contribution in [2.45, 2.75) is 11.0 Å². The van der Waals surface area contributed by atoms with Crippen molar-refractivity contribution in [3.63, 3.8) is 0 Å². The minimum Gasteiger partial charge on any atom is -0.466 e. The lowest BCUT2D eigenvalue weighted by Gasteiger charge is -2.36. The Balaban J connectivity index is 2.07. The minimum absolute atomic E-state index is 0.506. The molecule has 2 aromatic carbocycles. The average Bonchev–Trinajstić information content (AvgIpc) is 2.69. The number of carbonyl (C=O) groups is 2. The molecule has 132 valence electrons. The van der Waals surface area contributed by atoms with Gasteiger partial charge in [-0.15, -0.1) is 11.6 Å². The number of ether oxygens (including phenoxy) is 2. The number of alkyl halides is 1. The summed E-state index contributed by atoms with van der Waals surface area (Å²) < 4.78 is 10.3. The zero-order valence-electron chi connectivity index (χ0n) is 14.1.